The highest BCUT2D eigenvalue weighted by Gasteiger charge is 2.38. The Morgan fingerprint density at radius 3 is 2.09 bits per heavy atom. The Morgan fingerprint density at radius 1 is 1.22 bits per heavy atom. The van der Waals surface area contributed by atoms with E-state index in [9.17, 15) is 18.0 Å². The van der Waals surface area contributed by atoms with Gasteiger partial charge in [-0.15, -0.1) is 0 Å². The van der Waals surface area contributed by atoms with Gasteiger partial charge in [-0.2, -0.15) is 13.2 Å². The molecule has 23 heavy (non-hydrogen) atoms. The van der Waals surface area contributed by atoms with Crippen molar-refractivity contribution in [3.05, 3.63) is 30.3 Å². The van der Waals surface area contributed by atoms with Crippen LogP contribution in [0.15, 0.2) is 30.3 Å². The van der Waals surface area contributed by atoms with Crippen LogP contribution in [0.25, 0.3) is 0 Å². The van der Waals surface area contributed by atoms with Gasteiger partial charge in [0.1, 0.15) is 0 Å². The van der Waals surface area contributed by atoms with E-state index in [1.807, 2.05) is 44.2 Å². The summed E-state index contributed by atoms with van der Waals surface area (Å²) in [5.74, 6) is -2.53. The lowest BCUT2D eigenvalue weighted by atomic mass is 10.0. The van der Waals surface area contributed by atoms with E-state index in [2.05, 4.69) is 10.9 Å². The van der Waals surface area contributed by atoms with Crippen LogP contribution in [-0.2, 0) is 9.59 Å². The molecular weight excluding hydrogens is 315 g/mol. The minimum Gasteiger partial charge on any atom is -0.475 e. The van der Waals surface area contributed by atoms with Gasteiger partial charge in [-0.3, -0.25) is 15.6 Å². The molecule has 0 radical (unpaired) electrons. The molecule has 0 aliphatic carbocycles. The molecule has 130 valence electrons. The minimum atomic E-state index is -5.08. The van der Waals surface area contributed by atoms with Crippen LogP contribution < -0.4 is 16.6 Å². The van der Waals surface area contributed by atoms with Crippen LogP contribution in [0, 0.1) is 5.92 Å². The number of hydrazine groups is 1. The van der Waals surface area contributed by atoms with Crippen molar-refractivity contribution in [2.45, 2.75) is 32.5 Å². The first kappa shape index (κ1) is 20.7. The molecule has 1 rings (SSSR count). The number of alkyl halides is 3. The number of amides is 1. The predicted molar refractivity (Wildman–Crippen MR) is 79.3 cm³/mol. The number of carboxylic acid groups (broad SMARTS) is 1. The van der Waals surface area contributed by atoms with E-state index in [1.54, 1.807) is 0 Å². The van der Waals surface area contributed by atoms with Gasteiger partial charge in [-0.25, -0.2) is 4.79 Å². The van der Waals surface area contributed by atoms with E-state index in [0.29, 0.717) is 12.3 Å². The quantitative estimate of drug-likeness (QED) is 0.617. The topological polar surface area (TPSA) is 104 Å². The second-order valence-corrected chi connectivity index (χ2v) is 5.02. The SMILES string of the molecule is CC(C)C[C@H](N)C(=O)NNc1ccccc1.O=C(O)C(F)(F)F. The van der Waals surface area contributed by atoms with Crippen molar-refractivity contribution in [1.82, 2.24) is 5.43 Å². The lowest BCUT2D eigenvalue weighted by Crippen LogP contribution is -2.43. The Balaban J connectivity index is 0.000000585. The van der Waals surface area contributed by atoms with Gasteiger partial charge < -0.3 is 10.8 Å². The van der Waals surface area contributed by atoms with Gasteiger partial charge in [-0.1, -0.05) is 32.0 Å². The zero-order valence-corrected chi connectivity index (χ0v) is 12.7. The van der Waals surface area contributed by atoms with Crippen LogP contribution in [0.3, 0.4) is 0 Å². The maximum absolute atomic E-state index is 11.6. The Bertz CT molecular complexity index is 493. The summed E-state index contributed by atoms with van der Waals surface area (Å²) in [4.78, 5) is 20.4. The maximum Gasteiger partial charge on any atom is 0.490 e. The molecule has 0 fully saturated rings. The monoisotopic (exact) mass is 335 g/mol. The van der Waals surface area contributed by atoms with Gasteiger partial charge in [-0.05, 0) is 24.5 Å². The van der Waals surface area contributed by atoms with E-state index in [4.69, 9.17) is 15.6 Å². The molecule has 0 saturated carbocycles. The third-order valence-corrected chi connectivity index (χ3v) is 2.41. The smallest absolute Gasteiger partial charge is 0.475 e. The number of carbonyl (C=O) groups is 2. The molecule has 0 unspecified atom stereocenters. The number of hydrogen-bond donors (Lipinski definition) is 4. The number of halogens is 3. The Labute approximate surface area is 131 Å². The van der Waals surface area contributed by atoms with E-state index in [0.717, 1.165) is 5.69 Å². The van der Waals surface area contributed by atoms with E-state index >= 15 is 0 Å². The van der Waals surface area contributed by atoms with Crippen LogP contribution in [0.2, 0.25) is 0 Å². The summed E-state index contributed by atoms with van der Waals surface area (Å²) < 4.78 is 31.7. The molecule has 0 heterocycles. The van der Waals surface area contributed by atoms with Crippen LogP contribution in [0.4, 0.5) is 18.9 Å². The Morgan fingerprint density at radius 2 is 1.70 bits per heavy atom. The van der Waals surface area contributed by atoms with E-state index in [-0.39, 0.29) is 5.91 Å². The molecule has 0 aliphatic rings. The molecule has 1 amide bonds. The summed E-state index contributed by atoms with van der Waals surface area (Å²) in [6.45, 7) is 4.08. The molecule has 9 heteroatoms. The summed E-state index contributed by atoms with van der Waals surface area (Å²) in [6, 6.07) is 8.97. The van der Waals surface area contributed by atoms with Crippen molar-refractivity contribution >= 4 is 17.6 Å². The molecule has 1 aromatic carbocycles. The number of para-hydroxylation sites is 1. The van der Waals surface area contributed by atoms with Crippen LogP contribution >= 0.6 is 0 Å². The summed E-state index contributed by atoms with van der Waals surface area (Å²) in [6.07, 6.45) is -4.40. The molecule has 1 aromatic rings. The number of anilines is 1. The van der Waals surface area contributed by atoms with Gasteiger partial charge in [0.25, 0.3) is 5.91 Å². The van der Waals surface area contributed by atoms with Gasteiger partial charge in [0, 0.05) is 0 Å². The Kier molecular flexibility index (Phi) is 8.71. The number of nitrogens with two attached hydrogens (primary N) is 1. The first-order valence-corrected chi connectivity index (χ1v) is 6.70. The first-order valence-electron chi connectivity index (χ1n) is 6.70. The van der Waals surface area contributed by atoms with Crippen molar-refractivity contribution in [3.63, 3.8) is 0 Å². The zero-order chi connectivity index (χ0) is 18.0. The van der Waals surface area contributed by atoms with Crippen molar-refractivity contribution in [2.75, 3.05) is 5.43 Å². The highest BCUT2D eigenvalue weighted by atomic mass is 19.4. The molecule has 0 bridgehead atoms. The number of hydrogen-bond acceptors (Lipinski definition) is 4. The van der Waals surface area contributed by atoms with Crippen molar-refractivity contribution in [1.29, 1.82) is 0 Å². The molecule has 6 nitrogen and oxygen atoms in total. The van der Waals surface area contributed by atoms with Crippen LogP contribution in [0.5, 0.6) is 0 Å². The fourth-order valence-corrected chi connectivity index (χ4v) is 1.36. The summed E-state index contributed by atoms with van der Waals surface area (Å²) >= 11 is 0. The van der Waals surface area contributed by atoms with Crippen LogP contribution in [0.1, 0.15) is 20.3 Å². The third kappa shape index (κ3) is 10.1. The summed E-state index contributed by atoms with van der Waals surface area (Å²) in [7, 11) is 0. The average molecular weight is 335 g/mol. The molecular formula is C14H20F3N3O3. The lowest BCUT2D eigenvalue weighted by Gasteiger charge is -2.15. The highest BCUT2D eigenvalue weighted by molar-refractivity contribution is 5.82. The summed E-state index contributed by atoms with van der Waals surface area (Å²) in [5.41, 5.74) is 12.0. The Hall–Kier alpha value is -2.29. The van der Waals surface area contributed by atoms with Crippen LogP contribution in [-0.4, -0.2) is 29.2 Å². The largest absolute Gasteiger partial charge is 0.490 e. The van der Waals surface area contributed by atoms with Crippen molar-refractivity contribution in [2.24, 2.45) is 11.7 Å². The number of rotatable bonds is 5. The summed E-state index contributed by atoms with van der Waals surface area (Å²) in [5, 5.41) is 7.12. The normalized spacial score (nSPS) is 12.0. The minimum absolute atomic E-state index is 0.183. The zero-order valence-electron chi connectivity index (χ0n) is 12.7. The number of benzene rings is 1. The van der Waals surface area contributed by atoms with E-state index in [1.165, 1.54) is 0 Å². The molecule has 0 aliphatic heterocycles. The second-order valence-electron chi connectivity index (χ2n) is 5.02. The lowest BCUT2D eigenvalue weighted by molar-refractivity contribution is -0.192. The number of carbonyl (C=O) groups excluding carboxylic acids is 1. The molecule has 0 spiro atoms. The average Bonchev–Trinajstić information content (AvgIpc) is 2.44. The number of carboxylic acids is 1. The molecule has 5 N–H and O–H groups in total. The molecule has 1 atom stereocenters. The van der Waals surface area contributed by atoms with E-state index < -0.39 is 18.2 Å². The standard InChI is InChI=1S/C12H19N3O.C2HF3O2/c1-9(2)8-11(13)12(16)15-14-10-6-4-3-5-7-10;3-2(4,5)1(6)7/h3-7,9,11,14H,8,13H2,1-2H3,(H,15,16);(H,6,7)/t11-;/m0./s1. The second kappa shape index (κ2) is 9.67. The van der Waals surface area contributed by atoms with Gasteiger partial charge in [0.2, 0.25) is 0 Å². The third-order valence-electron chi connectivity index (χ3n) is 2.41. The number of aliphatic carboxylic acids is 1. The van der Waals surface area contributed by atoms with Crippen molar-refractivity contribution in [3.8, 4) is 0 Å². The first-order chi connectivity index (χ1) is 10.5. The molecule has 0 aromatic heterocycles. The van der Waals surface area contributed by atoms with Gasteiger partial charge >= 0.3 is 12.1 Å². The van der Waals surface area contributed by atoms with Gasteiger partial charge in [0.15, 0.2) is 0 Å². The van der Waals surface area contributed by atoms with Gasteiger partial charge in [0.05, 0.1) is 11.7 Å². The number of nitrogens with one attached hydrogen (secondary N) is 2. The predicted octanol–water partition coefficient (Wildman–Crippen LogP) is 2.14. The molecule has 0 saturated heterocycles. The fourth-order valence-electron chi connectivity index (χ4n) is 1.36. The fraction of sp³-hybridized carbons (Fsp3) is 0.429. The highest BCUT2D eigenvalue weighted by Crippen LogP contribution is 2.13. The van der Waals surface area contributed by atoms with Crippen molar-refractivity contribution < 1.29 is 27.9 Å². The maximum atomic E-state index is 11.6.